The molecule has 3 rings (SSSR count). The lowest BCUT2D eigenvalue weighted by atomic mass is 10.3. The van der Waals surface area contributed by atoms with Crippen LogP contribution in [0.5, 0.6) is 0 Å². The fourth-order valence-electron chi connectivity index (χ4n) is 1.76. The van der Waals surface area contributed by atoms with E-state index >= 15 is 0 Å². The summed E-state index contributed by atoms with van der Waals surface area (Å²) in [6.07, 6.45) is 3.54. The monoisotopic (exact) mass is 304 g/mol. The summed E-state index contributed by atoms with van der Waals surface area (Å²) in [6.45, 7) is 4.74. The summed E-state index contributed by atoms with van der Waals surface area (Å²) in [5, 5.41) is 9.35. The van der Waals surface area contributed by atoms with Crippen LogP contribution in [0.4, 0.5) is 0 Å². The Morgan fingerprint density at radius 2 is 2.25 bits per heavy atom. The molecule has 3 heterocycles. The zero-order chi connectivity index (χ0) is 13.9. The van der Waals surface area contributed by atoms with Crippen LogP contribution >= 0.6 is 23.3 Å². The van der Waals surface area contributed by atoms with Crippen molar-refractivity contribution in [2.75, 3.05) is 0 Å². The van der Waals surface area contributed by atoms with Crippen LogP contribution in [0.25, 0.3) is 11.4 Å². The van der Waals surface area contributed by atoms with E-state index < -0.39 is 0 Å². The molecule has 6 nitrogen and oxygen atoms in total. The van der Waals surface area contributed by atoms with Gasteiger partial charge in [0.05, 0.1) is 0 Å². The third-order valence-corrected chi connectivity index (χ3v) is 4.47. The smallest absolute Gasteiger partial charge is 0.198 e. The number of hydrogen-bond acceptors (Lipinski definition) is 7. The first-order valence-corrected chi connectivity index (χ1v) is 7.68. The van der Waals surface area contributed by atoms with Crippen LogP contribution in [0.2, 0.25) is 0 Å². The van der Waals surface area contributed by atoms with Crippen LogP contribution in [0, 0.1) is 6.92 Å². The standard InChI is InChI=1S/C12H12N6S2/c1-3-18-10(9-5-4-6-13-7-9)15-16-11(18)19-12-14-8(2)17-20-12/h4-7H,3H2,1-2H3. The first-order chi connectivity index (χ1) is 9.78. The van der Waals surface area contributed by atoms with Gasteiger partial charge in [-0.15, -0.1) is 10.2 Å². The minimum absolute atomic E-state index is 0.785. The molecular formula is C12H12N6S2. The summed E-state index contributed by atoms with van der Waals surface area (Å²) >= 11 is 2.87. The van der Waals surface area contributed by atoms with E-state index in [4.69, 9.17) is 0 Å². The molecule has 0 aliphatic carbocycles. The zero-order valence-corrected chi connectivity index (χ0v) is 12.6. The van der Waals surface area contributed by atoms with Gasteiger partial charge in [0, 0.05) is 24.5 Å². The summed E-state index contributed by atoms with van der Waals surface area (Å²) in [4.78, 5) is 8.47. The van der Waals surface area contributed by atoms with Crippen LogP contribution in [-0.4, -0.2) is 29.1 Å². The van der Waals surface area contributed by atoms with Crippen molar-refractivity contribution >= 4 is 23.3 Å². The molecular weight excluding hydrogens is 292 g/mol. The first kappa shape index (κ1) is 13.2. The Hall–Kier alpha value is -1.80. The Bertz CT molecular complexity index is 706. The number of hydrogen-bond donors (Lipinski definition) is 0. The number of pyridine rings is 1. The van der Waals surface area contributed by atoms with Gasteiger partial charge in [-0.1, -0.05) is 0 Å². The maximum atomic E-state index is 4.34. The lowest BCUT2D eigenvalue weighted by Gasteiger charge is -2.05. The van der Waals surface area contributed by atoms with Crippen LogP contribution in [0.3, 0.4) is 0 Å². The van der Waals surface area contributed by atoms with Gasteiger partial charge in [-0.2, -0.15) is 4.37 Å². The van der Waals surface area contributed by atoms with Crippen molar-refractivity contribution in [2.24, 2.45) is 0 Å². The highest BCUT2D eigenvalue weighted by Crippen LogP contribution is 2.30. The Kier molecular flexibility index (Phi) is 3.75. The van der Waals surface area contributed by atoms with E-state index in [1.165, 1.54) is 23.3 Å². The van der Waals surface area contributed by atoms with Crippen molar-refractivity contribution in [3.05, 3.63) is 30.4 Å². The molecule has 8 heteroatoms. The summed E-state index contributed by atoms with van der Waals surface area (Å²) in [7, 11) is 0. The van der Waals surface area contributed by atoms with E-state index in [0.29, 0.717) is 0 Å². The molecule has 0 N–H and O–H groups in total. The summed E-state index contributed by atoms with van der Waals surface area (Å²) in [6, 6.07) is 3.87. The third kappa shape index (κ3) is 2.56. The van der Waals surface area contributed by atoms with E-state index in [-0.39, 0.29) is 0 Å². The van der Waals surface area contributed by atoms with E-state index in [9.17, 15) is 0 Å². The predicted octanol–water partition coefficient (Wildman–Crippen LogP) is 2.67. The quantitative estimate of drug-likeness (QED) is 0.738. The van der Waals surface area contributed by atoms with Crippen LogP contribution < -0.4 is 0 Å². The van der Waals surface area contributed by atoms with E-state index in [1.54, 1.807) is 12.4 Å². The van der Waals surface area contributed by atoms with Gasteiger partial charge in [-0.3, -0.25) is 4.98 Å². The molecule has 102 valence electrons. The highest BCUT2D eigenvalue weighted by molar-refractivity contribution is 8.00. The molecule has 0 spiro atoms. The third-order valence-electron chi connectivity index (χ3n) is 2.64. The second-order valence-corrected chi connectivity index (χ2v) is 5.97. The molecule has 0 aliphatic heterocycles. The van der Waals surface area contributed by atoms with Gasteiger partial charge in [0.1, 0.15) is 5.82 Å². The van der Waals surface area contributed by atoms with Crippen molar-refractivity contribution in [3.8, 4) is 11.4 Å². The van der Waals surface area contributed by atoms with Gasteiger partial charge in [0.15, 0.2) is 15.3 Å². The Labute approximate surface area is 124 Å². The molecule has 20 heavy (non-hydrogen) atoms. The molecule has 0 aliphatic rings. The van der Waals surface area contributed by atoms with Crippen LogP contribution in [0.1, 0.15) is 12.7 Å². The van der Waals surface area contributed by atoms with E-state index in [1.807, 2.05) is 19.1 Å². The maximum Gasteiger partial charge on any atom is 0.198 e. The summed E-state index contributed by atoms with van der Waals surface area (Å²) < 4.78 is 7.11. The molecule has 3 aromatic rings. The van der Waals surface area contributed by atoms with Crippen molar-refractivity contribution in [1.29, 1.82) is 0 Å². The van der Waals surface area contributed by atoms with E-state index in [2.05, 4.69) is 36.0 Å². The van der Waals surface area contributed by atoms with Crippen molar-refractivity contribution in [3.63, 3.8) is 0 Å². The molecule has 3 aromatic heterocycles. The average molecular weight is 304 g/mol. The molecule has 0 atom stereocenters. The Balaban J connectivity index is 1.95. The highest BCUT2D eigenvalue weighted by atomic mass is 32.2. The van der Waals surface area contributed by atoms with E-state index in [0.717, 1.165) is 33.3 Å². The minimum Gasteiger partial charge on any atom is -0.302 e. The number of nitrogens with zero attached hydrogens (tertiary/aromatic N) is 6. The second kappa shape index (κ2) is 5.68. The van der Waals surface area contributed by atoms with Gasteiger partial charge in [-0.25, -0.2) is 4.98 Å². The number of aromatic nitrogens is 6. The number of rotatable bonds is 4. The molecule has 0 amide bonds. The summed E-state index contributed by atoms with van der Waals surface area (Å²) in [5.41, 5.74) is 0.960. The SMILES string of the molecule is CCn1c(Sc2nc(C)ns2)nnc1-c1cccnc1. The average Bonchev–Trinajstić information content (AvgIpc) is 3.06. The number of aryl methyl sites for hydroxylation is 1. The predicted molar refractivity (Wildman–Crippen MR) is 77.7 cm³/mol. The minimum atomic E-state index is 0.785. The van der Waals surface area contributed by atoms with Crippen molar-refractivity contribution in [1.82, 2.24) is 29.1 Å². The molecule has 0 bridgehead atoms. The Morgan fingerprint density at radius 3 is 2.90 bits per heavy atom. The van der Waals surface area contributed by atoms with Crippen molar-refractivity contribution < 1.29 is 0 Å². The molecule has 0 radical (unpaired) electrons. The molecule has 0 saturated heterocycles. The van der Waals surface area contributed by atoms with Gasteiger partial charge in [0.2, 0.25) is 0 Å². The topological polar surface area (TPSA) is 69.4 Å². The molecule has 0 saturated carbocycles. The second-order valence-electron chi connectivity index (χ2n) is 4.00. The molecule has 0 unspecified atom stereocenters. The van der Waals surface area contributed by atoms with Gasteiger partial charge >= 0.3 is 0 Å². The fourth-order valence-corrected chi connectivity index (χ4v) is 3.41. The normalized spacial score (nSPS) is 10.9. The highest BCUT2D eigenvalue weighted by Gasteiger charge is 2.15. The maximum absolute atomic E-state index is 4.34. The lowest BCUT2D eigenvalue weighted by molar-refractivity contribution is 0.687. The first-order valence-electron chi connectivity index (χ1n) is 6.09. The summed E-state index contributed by atoms with van der Waals surface area (Å²) in [5.74, 6) is 1.61. The molecule has 0 fully saturated rings. The van der Waals surface area contributed by atoms with Crippen molar-refractivity contribution in [2.45, 2.75) is 29.9 Å². The van der Waals surface area contributed by atoms with Gasteiger partial charge in [-0.05, 0) is 49.3 Å². The Morgan fingerprint density at radius 1 is 1.35 bits per heavy atom. The van der Waals surface area contributed by atoms with Gasteiger partial charge < -0.3 is 4.57 Å². The fraction of sp³-hybridized carbons (Fsp3) is 0.250. The lowest BCUT2D eigenvalue weighted by Crippen LogP contribution is -1.99. The largest absolute Gasteiger partial charge is 0.302 e. The van der Waals surface area contributed by atoms with Crippen LogP contribution in [-0.2, 0) is 6.54 Å². The van der Waals surface area contributed by atoms with Gasteiger partial charge in [0.25, 0.3) is 0 Å². The molecule has 0 aromatic carbocycles. The van der Waals surface area contributed by atoms with Crippen LogP contribution in [0.15, 0.2) is 34.0 Å². The zero-order valence-electron chi connectivity index (χ0n) is 11.0.